The zero-order valence-corrected chi connectivity index (χ0v) is 24.2. The molecule has 2 unspecified atom stereocenters. The van der Waals surface area contributed by atoms with Crippen LogP contribution in [0, 0.1) is 12.1 Å². The van der Waals surface area contributed by atoms with E-state index in [4.69, 9.17) is 5.11 Å². The topological polar surface area (TPSA) is 66.2 Å². The summed E-state index contributed by atoms with van der Waals surface area (Å²) in [5.74, 6) is 0. The van der Waals surface area contributed by atoms with Gasteiger partial charge in [0.1, 0.15) is 0 Å². The fourth-order valence-electron chi connectivity index (χ4n) is 3.47. The van der Waals surface area contributed by atoms with E-state index in [1.165, 1.54) is 19.3 Å². The molecule has 4 aromatic rings. The maximum atomic E-state index is 9.36. The first-order valence-electron chi connectivity index (χ1n) is 12.7. The van der Waals surface area contributed by atoms with Crippen molar-refractivity contribution in [3.05, 3.63) is 109 Å². The van der Waals surface area contributed by atoms with Crippen LogP contribution < -0.4 is 0 Å². The van der Waals surface area contributed by atoms with Crippen molar-refractivity contribution < 1.29 is 30.3 Å². The van der Waals surface area contributed by atoms with Crippen molar-refractivity contribution in [3.8, 4) is 22.5 Å². The molecule has 2 aromatic heterocycles. The monoisotopic (exact) mass is 675 g/mol. The molecule has 0 amide bonds. The Morgan fingerprint density at radius 2 is 1.22 bits per heavy atom. The molecule has 2 aromatic carbocycles. The van der Waals surface area contributed by atoms with Crippen LogP contribution in [0.5, 0.6) is 0 Å². The van der Waals surface area contributed by atoms with E-state index in [1.807, 2.05) is 84.9 Å². The molecule has 0 aliphatic heterocycles. The summed E-state index contributed by atoms with van der Waals surface area (Å²) in [5.41, 5.74) is 4.02. The van der Waals surface area contributed by atoms with Crippen LogP contribution in [0.4, 0.5) is 0 Å². The first-order valence-corrected chi connectivity index (χ1v) is 12.7. The summed E-state index contributed by atoms with van der Waals surface area (Å²) < 4.78 is 0. The molecular weight excluding hydrogens is 637 g/mol. The molecule has 2 N–H and O–H groups in total. The first kappa shape index (κ1) is 32.3. The second-order valence-corrected chi connectivity index (χ2v) is 8.57. The Balaban J connectivity index is 0.000000274. The second kappa shape index (κ2) is 20.4. The van der Waals surface area contributed by atoms with Crippen molar-refractivity contribution in [2.24, 2.45) is 0 Å². The van der Waals surface area contributed by atoms with E-state index < -0.39 is 0 Å². The van der Waals surface area contributed by atoms with Crippen LogP contribution in [0.2, 0.25) is 0 Å². The molecular formula is C32H38IrN2O2-2. The average molecular weight is 675 g/mol. The smallest absolute Gasteiger partial charge is 0.0564 e. The number of aliphatic hydroxyl groups excluding tert-OH is 2. The minimum atomic E-state index is -0.369. The van der Waals surface area contributed by atoms with Gasteiger partial charge in [-0.1, -0.05) is 56.9 Å². The minimum absolute atomic E-state index is 0. The number of benzene rings is 2. The maximum absolute atomic E-state index is 9.36. The van der Waals surface area contributed by atoms with Gasteiger partial charge < -0.3 is 20.2 Å². The van der Waals surface area contributed by atoms with E-state index in [0.717, 1.165) is 35.4 Å². The molecule has 5 heteroatoms. The van der Waals surface area contributed by atoms with Crippen LogP contribution >= 0.6 is 0 Å². The third kappa shape index (κ3) is 14.6. The number of pyridine rings is 2. The zero-order chi connectivity index (χ0) is 25.8. The molecule has 0 bridgehead atoms. The fraction of sp³-hybridized carbons (Fsp3) is 0.312. The van der Waals surface area contributed by atoms with Crippen LogP contribution in [0.3, 0.4) is 0 Å². The number of hydrogen-bond acceptors (Lipinski definition) is 4. The van der Waals surface area contributed by atoms with Crippen molar-refractivity contribution >= 4 is 0 Å². The summed E-state index contributed by atoms with van der Waals surface area (Å²) in [5, 5.41) is 18.3. The maximum Gasteiger partial charge on any atom is 0.0564 e. The summed E-state index contributed by atoms with van der Waals surface area (Å²) >= 11 is 0. The zero-order valence-electron chi connectivity index (χ0n) is 21.8. The van der Waals surface area contributed by atoms with Gasteiger partial charge in [0, 0.05) is 32.5 Å². The van der Waals surface area contributed by atoms with Gasteiger partial charge in [0.05, 0.1) is 12.2 Å². The molecule has 1 radical (unpaired) electrons. The van der Waals surface area contributed by atoms with Crippen molar-refractivity contribution in [3.63, 3.8) is 0 Å². The van der Waals surface area contributed by atoms with Crippen LogP contribution in [0.1, 0.15) is 52.4 Å². The summed E-state index contributed by atoms with van der Waals surface area (Å²) in [6.07, 6.45) is 9.03. The molecule has 0 saturated heterocycles. The molecule has 0 aliphatic rings. The number of aromatic nitrogens is 2. The van der Waals surface area contributed by atoms with E-state index in [0.29, 0.717) is 6.42 Å². The van der Waals surface area contributed by atoms with Gasteiger partial charge >= 0.3 is 0 Å². The third-order valence-electron chi connectivity index (χ3n) is 5.30. The van der Waals surface area contributed by atoms with Gasteiger partial charge in [-0.3, -0.25) is 0 Å². The van der Waals surface area contributed by atoms with Gasteiger partial charge in [0.15, 0.2) is 0 Å². The first-order chi connectivity index (χ1) is 17.6. The number of unbranched alkanes of at least 4 members (excludes halogenated alkanes) is 3. The molecule has 199 valence electrons. The quantitative estimate of drug-likeness (QED) is 0.146. The summed E-state index contributed by atoms with van der Waals surface area (Å²) in [4.78, 5) is 8.44. The molecule has 0 saturated carbocycles. The van der Waals surface area contributed by atoms with E-state index >= 15 is 0 Å². The Bertz CT molecular complexity index is 883. The summed E-state index contributed by atoms with van der Waals surface area (Å²) in [7, 11) is 0. The second-order valence-electron chi connectivity index (χ2n) is 8.57. The summed E-state index contributed by atoms with van der Waals surface area (Å²) in [6.45, 7) is 3.89. The fourth-order valence-corrected chi connectivity index (χ4v) is 3.47. The predicted molar refractivity (Wildman–Crippen MR) is 148 cm³/mol. The van der Waals surface area contributed by atoms with E-state index in [-0.39, 0.29) is 32.3 Å². The molecule has 4 rings (SSSR count). The van der Waals surface area contributed by atoms with E-state index in [2.05, 4.69) is 29.0 Å². The van der Waals surface area contributed by atoms with Gasteiger partial charge in [0.2, 0.25) is 0 Å². The summed E-state index contributed by atoms with van der Waals surface area (Å²) in [6, 6.07) is 33.6. The van der Waals surface area contributed by atoms with Crippen molar-refractivity contribution in [2.45, 2.75) is 64.6 Å². The Hall–Kier alpha value is -2.69. The van der Waals surface area contributed by atoms with Gasteiger partial charge in [-0.15, -0.1) is 71.8 Å². The van der Waals surface area contributed by atoms with Crippen LogP contribution in [-0.4, -0.2) is 32.4 Å². The van der Waals surface area contributed by atoms with Crippen LogP contribution in [0.25, 0.3) is 22.5 Å². The molecule has 0 fully saturated rings. The third-order valence-corrected chi connectivity index (χ3v) is 5.30. The average Bonchev–Trinajstić information content (AvgIpc) is 2.93. The Kier molecular flexibility index (Phi) is 17.8. The van der Waals surface area contributed by atoms with E-state index in [1.54, 1.807) is 19.3 Å². The molecule has 2 heterocycles. The number of aliphatic hydroxyl groups is 2. The SMILES string of the molecule is CCCCCCC(O)CC(C)O.[Ir].[c-]1ccccc1-c1ccccn1.[c-]1ccccc1-c1ccccn1. The Morgan fingerprint density at radius 1 is 0.703 bits per heavy atom. The normalized spacial score (nSPS) is 11.5. The van der Waals surface area contributed by atoms with Gasteiger partial charge in [-0.25, -0.2) is 0 Å². The molecule has 2 atom stereocenters. The number of rotatable bonds is 9. The van der Waals surface area contributed by atoms with E-state index in [9.17, 15) is 5.11 Å². The predicted octanol–water partition coefficient (Wildman–Crippen LogP) is 7.18. The largest absolute Gasteiger partial charge is 0.393 e. The van der Waals surface area contributed by atoms with Crippen molar-refractivity contribution in [1.82, 2.24) is 9.97 Å². The van der Waals surface area contributed by atoms with Crippen molar-refractivity contribution in [1.29, 1.82) is 0 Å². The van der Waals surface area contributed by atoms with Crippen LogP contribution in [-0.2, 0) is 20.1 Å². The number of hydrogen-bond donors (Lipinski definition) is 2. The van der Waals surface area contributed by atoms with Gasteiger partial charge in [-0.2, -0.15) is 0 Å². The minimum Gasteiger partial charge on any atom is -0.393 e. The van der Waals surface area contributed by atoms with Gasteiger partial charge in [0.25, 0.3) is 0 Å². The molecule has 0 spiro atoms. The number of nitrogens with zero attached hydrogens (tertiary/aromatic N) is 2. The Labute approximate surface area is 236 Å². The van der Waals surface area contributed by atoms with Gasteiger partial charge in [-0.05, 0) is 43.3 Å². The Morgan fingerprint density at radius 3 is 1.59 bits per heavy atom. The standard InChI is InChI=1S/2C11H8N.C10H22O2.Ir/c2*1-2-6-10(7-3-1)11-8-4-5-9-12-11;1-3-4-5-6-7-10(12)8-9(2)11;/h2*1-6,8-9H;9-12H,3-8H2,1-2H3;/q2*-1;;. The van der Waals surface area contributed by atoms with Crippen molar-refractivity contribution in [2.75, 3.05) is 0 Å². The molecule has 0 aliphatic carbocycles. The molecule has 4 nitrogen and oxygen atoms in total. The molecule has 37 heavy (non-hydrogen) atoms. The van der Waals surface area contributed by atoms with Crippen LogP contribution in [0.15, 0.2) is 97.3 Å².